The first-order valence-corrected chi connectivity index (χ1v) is 11.1. The second kappa shape index (κ2) is 10.6. The Hall–Kier alpha value is -1.84. The molecule has 0 saturated heterocycles. The lowest BCUT2D eigenvalue weighted by molar-refractivity contribution is -0.172. The molecule has 0 spiro atoms. The van der Waals surface area contributed by atoms with Gasteiger partial charge in [-0.2, -0.15) is 0 Å². The molecule has 0 aromatic heterocycles. The Kier molecular flexibility index (Phi) is 7.93. The van der Waals surface area contributed by atoms with Crippen LogP contribution < -0.4 is 0 Å². The highest BCUT2D eigenvalue weighted by Crippen LogP contribution is 2.27. The van der Waals surface area contributed by atoms with Crippen molar-refractivity contribution in [1.82, 2.24) is 0 Å². The predicted octanol–water partition coefficient (Wildman–Crippen LogP) is 5.23. The van der Waals surface area contributed by atoms with Gasteiger partial charge in [-0.05, 0) is 69.3 Å². The number of carbonyl (C=O) groups excluding carboxylic acids is 2. The van der Waals surface area contributed by atoms with Crippen molar-refractivity contribution in [2.24, 2.45) is 11.8 Å². The van der Waals surface area contributed by atoms with Gasteiger partial charge >= 0.3 is 11.9 Å². The van der Waals surface area contributed by atoms with E-state index in [0.29, 0.717) is 6.42 Å². The van der Waals surface area contributed by atoms with E-state index < -0.39 is 17.9 Å². The maximum Gasteiger partial charge on any atom is 0.320 e. The molecular formula is C24H34O4. The van der Waals surface area contributed by atoms with E-state index in [1.807, 2.05) is 37.3 Å². The van der Waals surface area contributed by atoms with E-state index in [0.717, 1.165) is 56.9 Å². The topological polar surface area (TPSA) is 52.6 Å². The molecule has 0 heterocycles. The molecule has 0 bridgehead atoms. The van der Waals surface area contributed by atoms with Crippen molar-refractivity contribution >= 4 is 11.9 Å². The van der Waals surface area contributed by atoms with E-state index in [1.165, 1.54) is 12.8 Å². The highest BCUT2D eigenvalue weighted by atomic mass is 16.6. The molecule has 2 aliphatic carbocycles. The number of carbonyl (C=O) groups is 2. The molecule has 0 radical (unpaired) electrons. The fourth-order valence-corrected chi connectivity index (χ4v) is 4.51. The standard InChI is InChI=1S/C24H34O4/c1-18(17-19-11-5-2-6-12-19)22(23(25)27-20-13-7-3-8-14-20)24(26)28-21-15-9-4-10-16-21/h2,5-6,11-12,18,20-22H,3-4,7-10,13-17H2,1H3. The van der Waals surface area contributed by atoms with Gasteiger partial charge in [0.25, 0.3) is 0 Å². The van der Waals surface area contributed by atoms with E-state index >= 15 is 0 Å². The monoisotopic (exact) mass is 386 g/mol. The minimum absolute atomic E-state index is 0.0462. The summed E-state index contributed by atoms with van der Waals surface area (Å²) < 4.78 is 11.6. The summed E-state index contributed by atoms with van der Waals surface area (Å²) in [4.78, 5) is 26.0. The van der Waals surface area contributed by atoms with E-state index in [4.69, 9.17) is 9.47 Å². The van der Waals surface area contributed by atoms with Gasteiger partial charge in [0.1, 0.15) is 12.2 Å². The molecule has 2 fully saturated rings. The molecule has 154 valence electrons. The molecule has 1 unspecified atom stereocenters. The molecule has 0 N–H and O–H groups in total. The summed E-state index contributed by atoms with van der Waals surface area (Å²) in [5.74, 6) is -1.79. The molecule has 4 heteroatoms. The summed E-state index contributed by atoms with van der Waals surface area (Å²) in [6, 6.07) is 10.0. The van der Waals surface area contributed by atoms with E-state index in [1.54, 1.807) is 0 Å². The van der Waals surface area contributed by atoms with Crippen molar-refractivity contribution in [3.05, 3.63) is 35.9 Å². The van der Waals surface area contributed by atoms with E-state index in [2.05, 4.69) is 0 Å². The van der Waals surface area contributed by atoms with Crippen molar-refractivity contribution in [1.29, 1.82) is 0 Å². The summed E-state index contributed by atoms with van der Waals surface area (Å²) >= 11 is 0. The van der Waals surface area contributed by atoms with Crippen molar-refractivity contribution in [2.75, 3.05) is 0 Å². The van der Waals surface area contributed by atoms with Crippen LogP contribution in [0, 0.1) is 11.8 Å². The fourth-order valence-electron chi connectivity index (χ4n) is 4.51. The van der Waals surface area contributed by atoms with E-state index in [-0.39, 0.29) is 18.1 Å². The first kappa shape index (κ1) is 20.9. The van der Waals surface area contributed by atoms with E-state index in [9.17, 15) is 9.59 Å². The minimum atomic E-state index is -0.843. The zero-order valence-electron chi connectivity index (χ0n) is 17.1. The Morgan fingerprint density at radius 3 is 1.75 bits per heavy atom. The molecule has 2 aliphatic rings. The SMILES string of the molecule is CC(Cc1ccccc1)C(C(=O)OC1CCCCC1)C(=O)OC1CCCCC1. The number of rotatable bonds is 7. The quantitative estimate of drug-likeness (QED) is 0.475. The van der Waals surface area contributed by atoms with Crippen LogP contribution in [0.5, 0.6) is 0 Å². The van der Waals surface area contributed by atoms with Gasteiger partial charge in [-0.1, -0.05) is 50.1 Å². The maximum absolute atomic E-state index is 13.0. The smallest absolute Gasteiger partial charge is 0.320 e. The number of ether oxygens (including phenoxy) is 2. The van der Waals surface area contributed by atoms with Crippen LogP contribution >= 0.6 is 0 Å². The summed E-state index contributed by atoms with van der Waals surface area (Å²) in [5, 5.41) is 0. The fraction of sp³-hybridized carbons (Fsp3) is 0.667. The third-order valence-corrected chi connectivity index (χ3v) is 6.15. The molecule has 28 heavy (non-hydrogen) atoms. The zero-order valence-corrected chi connectivity index (χ0v) is 17.1. The maximum atomic E-state index is 13.0. The number of hydrogen-bond acceptors (Lipinski definition) is 4. The minimum Gasteiger partial charge on any atom is -0.462 e. The van der Waals surface area contributed by atoms with Crippen LogP contribution in [0.1, 0.15) is 76.7 Å². The van der Waals surface area contributed by atoms with Crippen molar-refractivity contribution in [3.8, 4) is 0 Å². The van der Waals surface area contributed by atoms with Gasteiger partial charge in [0.2, 0.25) is 0 Å². The van der Waals surface area contributed by atoms with Crippen molar-refractivity contribution in [3.63, 3.8) is 0 Å². The molecule has 4 nitrogen and oxygen atoms in total. The van der Waals surface area contributed by atoms with Crippen molar-refractivity contribution in [2.45, 2.75) is 89.8 Å². The number of hydrogen-bond donors (Lipinski definition) is 0. The van der Waals surface area contributed by atoms with Gasteiger partial charge in [0.05, 0.1) is 0 Å². The second-order valence-corrected chi connectivity index (χ2v) is 8.54. The highest BCUT2D eigenvalue weighted by molar-refractivity contribution is 5.95. The lowest BCUT2D eigenvalue weighted by Crippen LogP contribution is -2.38. The molecule has 0 aliphatic heterocycles. The first-order valence-electron chi connectivity index (χ1n) is 11.1. The Bertz CT molecular complexity index is 583. The lowest BCUT2D eigenvalue weighted by Gasteiger charge is -2.28. The van der Waals surface area contributed by atoms with Gasteiger partial charge in [0, 0.05) is 0 Å². The largest absolute Gasteiger partial charge is 0.462 e. The number of benzene rings is 1. The van der Waals surface area contributed by atoms with Gasteiger partial charge in [0.15, 0.2) is 5.92 Å². The molecule has 1 aromatic rings. The predicted molar refractivity (Wildman–Crippen MR) is 109 cm³/mol. The van der Waals surface area contributed by atoms with Crippen LogP contribution in [0.3, 0.4) is 0 Å². The van der Waals surface area contributed by atoms with Crippen LogP contribution in [-0.4, -0.2) is 24.1 Å². The average Bonchev–Trinajstić information content (AvgIpc) is 2.70. The van der Waals surface area contributed by atoms with Gasteiger partial charge in [-0.15, -0.1) is 0 Å². The van der Waals surface area contributed by atoms with Gasteiger partial charge in [-0.3, -0.25) is 9.59 Å². The second-order valence-electron chi connectivity index (χ2n) is 8.54. The zero-order chi connectivity index (χ0) is 19.8. The first-order chi connectivity index (χ1) is 13.6. The Morgan fingerprint density at radius 2 is 1.29 bits per heavy atom. The Morgan fingerprint density at radius 1 is 0.821 bits per heavy atom. The summed E-state index contributed by atoms with van der Waals surface area (Å²) in [6.07, 6.45) is 11.0. The molecule has 2 saturated carbocycles. The third-order valence-electron chi connectivity index (χ3n) is 6.15. The number of esters is 2. The van der Waals surface area contributed by atoms with Crippen LogP contribution in [0.15, 0.2) is 30.3 Å². The molecule has 1 atom stereocenters. The average molecular weight is 387 g/mol. The molecule has 1 aromatic carbocycles. The normalized spacial score (nSPS) is 19.9. The molecular weight excluding hydrogens is 352 g/mol. The van der Waals surface area contributed by atoms with Crippen LogP contribution in [-0.2, 0) is 25.5 Å². The Balaban J connectivity index is 1.67. The summed E-state index contributed by atoms with van der Waals surface area (Å²) in [7, 11) is 0. The van der Waals surface area contributed by atoms with Crippen LogP contribution in [0.25, 0.3) is 0 Å². The van der Waals surface area contributed by atoms with Gasteiger partial charge in [-0.25, -0.2) is 0 Å². The molecule has 3 rings (SSSR count). The third kappa shape index (κ3) is 6.08. The molecule has 0 amide bonds. The van der Waals surface area contributed by atoms with Crippen molar-refractivity contribution < 1.29 is 19.1 Å². The van der Waals surface area contributed by atoms with Gasteiger partial charge < -0.3 is 9.47 Å². The highest BCUT2D eigenvalue weighted by Gasteiger charge is 2.38. The van der Waals surface area contributed by atoms with Crippen LogP contribution in [0.2, 0.25) is 0 Å². The van der Waals surface area contributed by atoms with Crippen LogP contribution in [0.4, 0.5) is 0 Å². The lowest BCUT2D eigenvalue weighted by atomic mass is 9.87. The summed E-state index contributed by atoms with van der Waals surface area (Å²) in [5.41, 5.74) is 1.12. The summed E-state index contributed by atoms with van der Waals surface area (Å²) in [6.45, 7) is 1.96. The Labute approximate surface area is 169 Å².